The highest BCUT2D eigenvalue weighted by Crippen LogP contribution is 2.41. The van der Waals surface area contributed by atoms with Gasteiger partial charge in [-0.15, -0.1) is 0 Å². The van der Waals surface area contributed by atoms with Gasteiger partial charge < -0.3 is 4.90 Å². The van der Waals surface area contributed by atoms with Gasteiger partial charge in [-0.1, -0.05) is 30.3 Å². The van der Waals surface area contributed by atoms with Crippen molar-refractivity contribution < 1.29 is 13.2 Å². The van der Waals surface area contributed by atoms with Crippen LogP contribution < -0.4 is 5.32 Å². The van der Waals surface area contributed by atoms with Crippen LogP contribution in [-0.2, 0) is 16.3 Å². The van der Waals surface area contributed by atoms with Gasteiger partial charge in [0.2, 0.25) is 0 Å². The van der Waals surface area contributed by atoms with Crippen molar-refractivity contribution >= 4 is 21.7 Å². The molecule has 1 N–H and O–H groups in total. The van der Waals surface area contributed by atoms with Crippen molar-refractivity contribution in [2.45, 2.75) is 56.5 Å². The molecule has 8 heteroatoms. The Morgan fingerprint density at radius 1 is 1.13 bits per heavy atom. The number of likely N-dealkylation sites (tertiary alicyclic amines) is 1. The van der Waals surface area contributed by atoms with Gasteiger partial charge in [-0.3, -0.25) is 5.32 Å². The van der Waals surface area contributed by atoms with Crippen molar-refractivity contribution in [2.75, 3.05) is 23.4 Å². The maximum atomic E-state index is 13.2. The molecule has 3 heterocycles. The normalized spacial score (nSPS) is 25.5. The predicted octanol–water partition coefficient (Wildman–Crippen LogP) is 3.36. The summed E-state index contributed by atoms with van der Waals surface area (Å²) in [5.74, 6) is 1.36. The molecule has 30 heavy (non-hydrogen) atoms. The topological polar surface area (TPSA) is 84.3 Å². The van der Waals surface area contributed by atoms with Crippen LogP contribution in [0.5, 0.6) is 0 Å². The van der Waals surface area contributed by atoms with E-state index in [-0.39, 0.29) is 29.6 Å². The van der Waals surface area contributed by atoms with Crippen LogP contribution in [0.25, 0.3) is 0 Å². The Labute approximate surface area is 177 Å². The molecule has 0 unspecified atom stereocenters. The fourth-order valence-corrected chi connectivity index (χ4v) is 6.41. The van der Waals surface area contributed by atoms with Gasteiger partial charge >= 0.3 is 6.03 Å². The number of hydrogen-bond acceptors (Lipinski definition) is 4. The van der Waals surface area contributed by atoms with E-state index < -0.39 is 9.84 Å². The number of nitrogens with one attached hydrogen (secondary N) is 1. The smallest absolute Gasteiger partial charge is 0.321 e. The van der Waals surface area contributed by atoms with Gasteiger partial charge in [0, 0.05) is 24.6 Å². The van der Waals surface area contributed by atoms with Gasteiger partial charge in [0.25, 0.3) is 0 Å². The highest BCUT2D eigenvalue weighted by Gasteiger charge is 2.35. The quantitative estimate of drug-likeness (QED) is 0.791. The van der Waals surface area contributed by atoms with Gasteiger partial charge in [-0.2, -0.15) is 5.10 Å². The molecule has 7 nitrogen and oxygen atoms in total. The van der Waals surface area contributed by atoms with Crippen LogP contribution in [0.15, 0.2) is 36.4 Å². The number of hydrogen-bond donors (Lipinski definition) is 1. The molecule has 1 aromatic heterocycles. The Hall–Kier alpha value is -2.35. The molecule has 0 bridgehead atoms. The number of sulfone groups is 1. The Kier molecular flexibility index (Phi) is 5.05. The maximum Gasteiger partial charge on any atom is 0.323 e. The lowest BCUT2D eigenvalue weighted by Gasteiger charge is -2.25. The van der Waals surface area contributed by atoms with Crippen molar-refractivity contribution in [3.05, 3.63) is 47.7 Å². The van der Waals surface area contributed by atoms with Crippen LogP contribution in [0, 0.1) is 0 Å². The lowest BCUT2D eigenvalue weighted by Crippen LogP contribution is -2.40. The summed E-state index contributed by atoms with van der Waals surface area (Å²) >= 11 is 0. The van der Waals surface area contributed by atoms with Crippen molar-refractivity contribution in [3.63, 3.8) is 0 Å². The molecule has 2 atom stereocenters. The third-order valence-electron chi connectivity index (χ3n) is 6.49. The number of rotatable bonds is 5. The summed E-state index contributed by atoms with van der Waals surface area (Å²) < 4.78 is 25.7. The maximum absolute atomic E-state index is 13.2. The minimum Gasteiger partial charge on any atom is -0.321 e. The predicted molar refractivity (Wildman–Crippen MR) is 115 cm³/mol. The van der Waals surface area contributed by atoms with E-state index in [1.165, 1.54) is 5.56 Å². The van der Waals surface area contributed by atoms with Gasteiger partial charge in [-0.25, -0.2) is 17.9 Å². The van der Waals surface area contributed by atoms with Crippen LogP contribution in [0.4, 0.5) is 10.6 Å². The van der Waals surface area contributed by atoms with E-state index in [1.54, 1.807) is 4.68 Å². The highest BCUT2D eigenvalue weighted by molar-refractivity contribution is 7.91. The molecule has 0 spiro atoms. The molecule has 2 aliphatic heterocycles. The summed E-state index contributed by atoms with van der Waals surface area (Å²) in [6.07, 6.45) is 5.62. The number of carbonyl (C=O) groups is 1. The first-order chi connectivity index (χ1) is 14.5. The summed E-state index contributed by atoms with van der Waals surface area (Å²) in [5.41, 5.74) is 2.20. The van der Waals surface area contributed by atoms with Crippen LogP contribution in [0.1, 0.15) is 55.3 Å². The monoisotopic (exact) mass is 428 g/mol. The molecule has 2 aromatic rings. The first-order valence-electron chi connectivity index (χ1n) is 10.9. The molecule has 1 aromatic carbocycles. The Morgan fingerprint density at radius 3 is 2.63 bits per heavy atom. The molecule has 1 aliphatic carbocycles. The van der Waals surface area contributed by atoms with E-state index >= 15 is 0 Å². The number of nitrogens with zero attached hydrogens (tertiary/aromatic N) is 3. The van der Waals surface area contributed by atoms with Gasteiger partial charge in [0.1, 0.15) is 5.82 Å². The summed E-state index contributed by atoms with van der Waals surface area (Å²) in [4.78, 5) is 15.1. The summed E-state index contributed by atoms with van der Waals surface area (Å²) in [5, 5.41) is 7.77. The molecule has 160 valence electrons. The second-order valence-corrected chi connectivity index (χ2v) is 11.1. The molecule has 1 saturated carbocycles. The van der Waals surface area contributed by atoms with Crippen molar-refractivity contribution in [1.29, 1.82) is 0 Å². The zero-order valence-electron chi connectivity index (χ0n) is 17.0. The first-order valence-corrected chi connectivity index (χ1v) is 12.7. The van der Waals surface area contributed by atoms with E-state index in [9.17, 15) is 13.2 Å². The van der Waals surface area contributed by atoms with E-state index in [2.05, 4.69) is 17.4 Å². The van der Waals surface area contributed by atoms with E-state index in [4.69, 9.17) is 5.10 Å². The second-order valence-electron chi connectivity index (χ2n) is 8.84. The van der Waals surface area contributed by atoms with Crippen LogP contribution in [-0.4, -0.2) is 53.2 Å². The Bertz CT molecular complexity index is 1030. The summed E-state index contributed by atoms with van der Waals surface area (Å²) in [6, 6.07) is 12.1. The minimum atomic E-state index is -3.03. The second kappa shape index (κ2) is 7.72. The Balaban J connectivity index is 1.34. The van der Waals surface area contributed by atoms with Gasteiger partial charge in [-0.05, 0) is 44.1 Å². The van der Waals surface area contributed by atoms with Crippen LogP contribution >= 0.6 is 0 Å². The molecular weight excluding hydrogens is 400 g/mol. The van der Waals surface area contributed by atoms with E-state index in [0.29, 0.717) is 18.2 Å². The Morgan fingerprint density at radius 2 is 1.93 bits per heavy atom. The average Bonchev–Trinajstić information content (AvgIpc) is 3.15. The third-order valence-corrected chi connectivity index (χ3v) is 8.24. The number of anilines is 1. The molecular formula is C22H28N4O3S. The lowest BCUT2D eigenvalue weighted by atomic mass is 10.0. The molecule has 5 rings (SSSR count). The standard InChI is InChI=1S/C22H28N4O3S/c27-22(25-11-4-7-18(25)13-16-5-2-1-3-6-16)23-21-14-20(17-8-9-17)24-26(21)19-10-12-30(28,29)15-19/h1-3,5-6,14,17-19H,4,7-13,15H2,(H,23,27)/t18-,19-/m0/s1. The first kappa shape index (κ1) is 19.6. The molecule has 2 amide bonds. The van der Waals surface area contributed by atoms with Crippen molar-refractivity contribution in [2.24, 2.45) is 0 Å². The van der Waals surface area contributed by atoms with Gasteiger partial charge in [0.05, 0.1) is 23.2 Å². The zero-order valence-corrected chi connectivity index (χ0v) is 17.9. The fourth-order valence-electron chi connectivity index (χ4n) is 4.71. The van der Waals surface area contributed by atoms with Crippen molar-refractivity contribution in [1.82, 2.24) is 14.7 Å². The SMILES string of the molecule is O=C(Nc1cc(C2CC2)nn1[C@H]1CCS(=O)(=O)C1)N1CCC[C@H]1Cc1ccccc1. The molecule has 0 radical (unpaired) electrons. The molecule has 3 fully saturated rings. The number of urea groups is 1. The number of amides is 2. The molecule has 2 saturated heterocycles. The molecule has 3 aliphatic rings. The number of aromatic nitrogens is 2. The largest absolute Gasteiger partial charge is 0.323 e. The minimum absolute atomic E-state index is 0.0992. The van der Waals surface area contributed by atoms with Crippen LogP contribution in [0.2, 0.25) is 0 Å². The summed E-state index contributed by atoms with van der Waals surface area (Å²) in [7, 11) is -3.03. The fraction of sp³-hybridized carbons (Fsp3) is 0.545. The highest BCUT2D eigenvalue weighted by atomic mass is 32.2. The van der Waals surface area contributed by atoms with Gasteiger partial charge in [0.15, 0.2) is 9.84 Å². The van der Waals surface area contributed by atoms with E-state index in [1.807, 2.05) is 29.2 Å². The number of carbonyl (C=O) groups excluding carboxylic acids is 1. The lowest BCUT2D eigenvalue weighted by molar-refractivity contribution is 0.206. The number of benzene rings is 1. The average molecular weight is 429 g/mol. The van der Waals surface area contributed by atoms with Crippen LogP contribution in [0.3, 0.4) is 0 Å². The zero-order chi connectivity index (χ0) is 20.7. The third kappa shape index (κ3) is 4.10. The van der Waals surface area contributed by atoms with E-state index in [0.717, 1.165) is 44.3 Å². The summed E-state index contributed by atoms with van der Waals surface area (Å²) in [6.45, 7) is 0.741. The van der Waals surface area contributed by atoms with Crippen molar-refractivity contribution in [3.8, 4) is 0 Å².